The monoisotopic (exact) mass is 743 g/mol. The van der Waals surface area contributed by atoms with Gasteiger partial charge in [-0.2, -0.15) is 13.2 Å². The van der Waals surface area contributed by atoms with Crippen LogP contribution >= 0.6 is 46.1 Å². The molecule has 47 heavy (non-hydrogen) atoms. The first-order valence-corrected chi connectivity index (χ1v) is 16.8. The van der Waals surface area contributed by atoms with E-state index in [9.17, 15) is 27.6 Å². The standard InChI is InChI=1S/C33H43Cl3F3NO6S/c1-9-11-20(3)28(46-30(43)44-19-32(34,35)36)22(5)29(42)31(7,8)16-15-27(41)45-26(14-13-24(12-10-2)33(37,38)39)21(4)17-25-18-47-23(6)40-25/h9-10,13,17-18,20,22,26,28H,1-2,11-12,14-16,19H2,3-8H3/b21-17+,24-13+/t20-,22+,26-,28-/m0/s1. The van der Waals surface area contributed by atoms with Gasteiger partial charge in [-0.15, -0.1) is 24.5 Å². The van der Waals surface area contributed by atoms with Crippen molar-refractivity contribution in [3.05, 3.63) is 58.6 Å². The molecule has 0 N–H and O–H groups in total. The van der Waals surface area contributed by atoms with E-state index in [1.165, 1.54) is 11.3 Å². The molecular weight excluding hydrogens is 702 g/mol. The maximum atomic E-state index is 13.7. The highest BCUT2D eigenvalue weighted by molar-refractivity contribution is 7.09. The number of carbonyl (C=O) groups excluding carboxylic acids is 3. The second-order valence-corrected chi connectivity index (χ2v) is 15.5. The number of rotatable bonds is 18. The number of hydrogen-bond acceptors (Lipinski definition) is 8. The molecule has 0 fully saturated rings. The molecule has 0 amide bonds. The number of aryl methyl sites for hydroxylation is 1. The van der Waals surface area contributed by atoms with Crippen molar-refractivity contribution >= 4 is 70.1 Å². The van der Waals surface area contributed by atoms with E-state index < -0.39 is 64.2 Å². The van der Waals surface area contributed by atoms with Crippen molar-refractivity contribution in [3.8, 4) is 0 Å². The predicted molar refractivity (Wildman–Crippen MR) is 182 cm³/mol. The molecule has 1 rings (SSSR count). The van der Waals surface area contributed by atoms with Crippen LogP contribution in [0.15, 0.2) is 47.9 Å². The van der Waals surface area contributed by atoms with E-state index in [-0.39, 0.29) is 31.0 Å². The molecule has 0 saturated carbocycles. The zero-order chi connectivity index (χ0) is 36.2. The van der Waals surface area contributed by atoms with E-state index in [0.717, 1.165) is 17.2 Å². The molecule has 1 aromatic rings. The molecule has 264 valence electrons. The normalized spacial score (nSPS) is 15.7. The van der Waals surface area contributed by atoms with Crippen molar-refractivity contribution in [2.45, 2.75) is 95.8 Å². The van der Waals surface area contributed by atoms with Gasteiger partial charge in [0.15, 0.2) is 0 Å². The minimum Gasteiger partial charge on any atom is -0.457 e. The molecule has 0 unspecified atom stereocenters. The lowest BCUT2D eigenvalue weighted by molar-refractivity contribution is -0.148. The molecule has 0 saturated heterocycles. The summed E-state index contributed by atoms with van der Waals surface area (Å²) in [7, 11) is 0. The van der Waals surface area contributed by atoms with E-state index in [1.54, 1.807) is 52.2 Å². The summed E-state index contributed by atoms with van der Waals surface area (Å²) in [6.45, 7) is 16.7. The van der Waals surface area contributed by atoms with Crippen molar-refractivity contribution in [2.24, 2.45) is 17.3 Å². The highest BCUT2D eigenvalue weighted by atomic mass is 35.6. The van der Waals surface area contributed by atoms with E-state index in [2.05, 4.69) is 18.1 Å². The lowest BCUT2D eigenvalue weighted by Gasteiger charge is -2.33. The summed E-state index contributed by atoms with van der Waals surface area (Å²) in [4.78, 5) is 43.5. The van der Waals surface area contributed by atoms with Crippen LogP contribution in [0.5, 0.6) is 0 Å². The van der Waals surface area contributed by atoms with Crippen molar-refractivity contribution < 1.29 is 41.8 Å². The fraction of sp³-hybridized carbons (Fsp3) is 0.576. The molecule has 1 heterocycles. The van der Waals surface area contributed by atoms with Gasteiger partial charge in [0.1, 0.15) is 24.6 Å². The Hall–Kier alpha value is -2.34. The average Bonchev–Trinajstić information content (AvgIpc) is 3.37. The second-order valence-electron chi connectivity index (χ2n) is 11.9. The molecule has 0 aromatic carbocycles. The topological polar surface area (TPSA) is 91.8 Å². The molecule has 0 aliphatic rings. The SMILES string of the molecule is C=CC/C(=C\C[C@H](OC(=O)CCC(C)(C)C(=O)[C@H](C)[C@@H](OC(=O)OCC(Cl)(Cl)Cl)[C@@H](C)CC=C)/C(C)=C/c1csc(C)n1)C(F)(F)F. The summed E-state index contributed by atoms with van der Waals surface area (Å²) >= 11 is 18.3. The van der Waals surface area contributed by atoms with Gasteiger partial charge < -0.3 is 14.2 Å². The quantitative estimate of drug-likeness (QED) is 0.0839. The zero-order valence-electron chi connectivity index (χ0n) is 27.4. The number of carbonyl (C=O) groups is 3. The van der Waals surface area contributed by atoms with Crippen LogP contribution in [0.3, 0.4) is 0 Å². The molecular formula is C33H43Cl3F3NO6S. The minimum atomic E-state index is -4.57. The van der Waals surface area contributed by atoms with Gasteiger partial charge in [0, 0.05) is 29.2 Å². The largest absolute Gasteiger partial charge is 0.508 e. The molecule has 14 heteroatoms. The van der Waals surface area contributed by atoms with E-state index >= 15 is 0 Å². The van der Waals surface area contributed by atoms with Gasteiger partial charge in [0.25, 0.3) is 0 Å². The third-order valence-corrected chi connectivity index (χ3v) is 8.43. The first kappa shape index (κ1) is 42.7. The Morgan fingerprint density at radius 3 is 2.21 bits per heavy atom. The highest BCUT2D eigenvalue weighted by Gasteiger charge is 2.40. The Bertz CT molecular complexity index is 1300. The molecule has 0 aliphatic carbocycles. The van der Waals surface area contributed by atoms with Crippen LogP contribution in [0.25, 0.3) is 6.08 Å². The third kappa shape index (κ3) is 15.6. The summed E-state index contributed by atoms with van der Waals surface area (Å²) in [6, 6.07) is 0. The van der Waals surface area contributed by atoms with Crippen LogP contribution in [0.4, 0.5) is 18.0 Å². The van der Waals surface area contributed by atoms with Crippen LogP contribution in [0.1, 0.15) is 77.4 Å². The maximum absolute atomic E-state index is 13.7. The number of ether oxygens (including phenoxy) is 3. The number of nitrogens with zero attached hydrogens (tertiary/aromatic N) is 1. The van der Waals surface area contributed by atoms with Gasteiger partial charge in [-0.25, -0.2) is 9.78 Å². The average molecular weight is 745 g/mol. The Morgan fingerprint density at radius 2 is 1.70 bits per heavy atom. The Kier molecular flexibility index (Phi) is 17.3. The molecule has 0 spiro atoms. The van der Waals surface area contributed by atoms with Crippen LogP contribution in [-0.4, -0.2) is 51.7 Å². The Labute approximate surface area is 294 Å². The molecule has 4 atom stereocenters. The van der Waals surface area contributed by atoms with Gasteiger partial charge in [0.05, 0.1) is 16.6 Å². The molecule has 7 nitrogen and oxygen atoms in total. The summed E-state index contributed by atoms with van der Waals surface area (Å²) in [5, 5.41) is 2.59. The number of aromatic nitrogens is 1. The van der Waals surface area contributed by atoms with Gasteiger partial charge in [-0.1, -0.05) is 80.7 Å². The maximum Gasteiger partial charge on any atom is 0.508 e. The Morgan fingerprint density at radius 1 is 1.06 bits per heavy atom. The van der Waals surface area contributed by atoms with E-state index in [4.69, 9.17) is 49.0 Å². The lowest BCUT2D eigenvalue weighted by Crippen LogP contribution is -2.41. The number of allylic oxidation sites excluding steroid dienone is 3. The van der Waals surface area contributed by atoms with Gasteiger partial charge in [0.2, 0.25) is 3.79 Å². The number of Topliss-reactive ketones (excluding diaryl/α,β-unsaturated/α-hetero) is 1. The number of esters is 1. The summed E-state index contributed by atoms with van der Waals surface area (Å²) in [5.41, 5.74) is -0.787. The van der Waals surface area contributed by atoms with Crippen molar-refractivity contribution in [1.82, 2.24) is 4.98 Å². The number of alkyl halides is 6. The predicted octanol–water partition coefficient (Wildman–Crippen LogP) is 10.3. The van der Waals surface area contributed by atoms with Crippen LogP contribution in [-0.2, 0) is 23.8 Å². The third-order valence-electron chi connectivity index (χ3n) is 7.31. The fourth-order valence-electron chi connectivity index (χ4n) is 4.73. The minimum absolute atomic E-state index is 0.0517. The first-order valence-electron chi connectivity index (χ1n) is 14.8. The van der Waals surface area contributed by atoms with Gasteiger partial charge >= 0.3 is 18.3 Å². The number of ketones is 1. The fourth-order valence-corrected chi connectivity index (χ4v) is 5.47. The summed E-state index contributed by atoms with van der Waals surface area (Å²) in [6.07, 6.45) is -2.54. The first-order chi connectivity index (χ1) is 21.6. The van der Waals surface area contributed by atoms with Crippen LogP contribution in [0, 0.1) is 24.2 Å². The van der Waals surface area contributed by atoms with Crippen molar-refractivity contribution in [2.75, 3.05) is 6.61 Å². The number of halogens is 6. The van der Waals surface area contributed by atoms with Crippen molar-refractivity contribution in [1.29, 1.82) is 0 Å². The number of hydrogen-bond donors (Lipinski definition) is 0. The van der Waals surface area contributed by atoms with Crippen LogP contribution < -0.4 is 0 Å². The van der Waals surface area contributed by atoms with Gasteiger partial charge in [-0.05, 0) is 50.7 Å². The zero-order valence-corrected chi connectivity index (χ0v) is 30.5. The van der Waals surface area contributed by atoms with Crippen LogP contribution in [0.2, 0.25) is 0 Å². The molecule has 0 bridgehead atoms. The second kappa shape index (κ2) is 19.0. The van der Waals surface area contributed by atoms with E-state index in [0.29, 0.717) is 17.7 Å². The lowest BCUT2D eigenvalue weighted by atomic mass is 9.74. The molecule has 0 radical (unpaired) electrons. The van der Waals surface area contributed by atoms with Gasteiger partial charge in [-0.3, -0.25) is 9.59 Å². The molecule has 0 aliphatic heterocycles. The van der Waals surface area contributed by atoms with E-state index in [1.807, 2.05) is 6.92 Å². The number of thiazole rings is 1. The van der Waals surface area contributed by atoms with Crippen molar-refractivity contribution in [3.63, 3.8) is 0 Å². The molecule has 1 aromatic heterocycles. The summed E-state index contributed by atoms with van der Waals surface area (Å²) < 4.78 is 54.8. The Balaban J connectivity index is 3.12. The smallest absolute Gasteiger partial charge is 0.457 e. The highest BCUT2D eigenvalue weighted by Crippen LogP contribution is 2.34. The summed E-state index contributed by atoms with van der Waals surface area (Å²) in [5.74, 6) is -2.15.